The van der Waals surface area contributed by atoms with Gasteiger partial charge in [0.05, 0.1) is 5.69 Å². The lowest BCUT2D eigenvalue weighted by atomic mass is 10.2. The Labute approximate surface area is 73.2 Å². The summed E-state index contributed by atoms with van der Waals surface area (Å²) in [6.07, 6.45) is 12.6. The first-order chi connectivity index (χ1) is 5.93. The van der Waals surface area contributed by atoms with Crippen molar-refractivity contribution in [1.29, 1.82) is 0 Å². The molecule has 0 fully saturated rings. The Bertz CT molecular complexity index is 280. The Kier molecular flexibility index (Phi) is 3.67. The van der Waals surface area contributed by atoms with Crippen LogP contribution in [0.25, 0.3) is 6.08 Å². The molecule has 0 N–H and O–H groups in total. The highest BCUT2D eigenvalue weighted by Gasteiger charge is 1.82. The summed E-state index contributed by atoms with van der Waals surface area (Å²) in [4.78, 5) is 4.14. The molecule has 0 spiro atoms. The van der Waals surface area contributed by atoms with Crippen molar-refractivity contribution in [3.8, 4) is 12.3 Å². The van der Waals surface area contributed by atoms with Crippen LogP contribution in [0.3, 0.4) is 0 Å². The van der Waals surface area contributed by atoms with E-state index in [9.17, 15) is 0 Å². The van der Waals surface area contributed by atoms with Crippen LogP contribution in [0.5, 0.6) is 0 Å². The molecule has 0 aliphatic carbocycles. The highest BCUT2D eigenvalue weighted by Crippen LogP contribution is 1.98. The van der Waals surface area contributed by atoms with Gasteiger partial charge in [-0.2, -0.15) is 0 Å². The summed E-state index contributed by atoms with van der Waals surface area (Å²) in [6.45, 7) is 0. The van der Waals surface area contributed by atoms with Crippen molar-refractivity contribution in [2.45, 2.75) is 12.8 Å². The van der Waals surface area contributed by atoms with Crippen molar-refractivity contribution in [1.82, 2.24) is 4.98 Å². The predicted molar refractivity (Wildman–Crippen MR) is 51.3 cm³/mol. The van der Waals surface area contributed by atoms with Gasteiger partial charge in [0.15, 0.2) is 0 Å². The topological polar surface area (TPSA) is 12.9 Å². The zero-order valence-electron chi connectivity index (χ0n) is 6.90. The highest BCUT2D eigenvalue weighted by atomic mass is 14.6. The van der Waals surface area contributed by atoms with Crippen LogP contribution in [0.4, 0.5) is 0 Å². The average Bonchev–Trinajstić information content (AvgIpc) is 2.14. The second kappa shape index (κ2) is 5.15. The van der Waals surface area contributed by atoms with E-state index in [1.165, 1.54) is 0 Å². The first-order valence-corrected chi connectivity index (χ1v) is 3.94. The third-order valence-electron chi connectivity index (χ3n) is 1.43. The Morgan fingerprint density at radius 3 is 3.08 bits per heavy atom. The van der Waals surface area contributed by atoms with Gasteiger partial charge >= 0.3 is 0 Å². The molecule has 0 saturated carbocycles. The van der Waals surface area contributed by atoms with Gasteiger partial charge in [0.25, 0.3) is 0 Å². The standard InChI is InChI=1S/C11H11N/c1-2-3-4-5-8-11-9-6-7-10-12-11/h1,5-10H,3-4H2/b8-5+. The molecule has 0 aliphatic rings. The molecular formula is C11H11N. The van der Waals surface area contributed by atoms with Gasteiger partial charge in [0, 0.05) is 12.6 Å². The van der Waals surface area contributed by atoms with Gasteiger partial charge < -0.3 is 0 Å². The van der Waals surface area contributed by atoms with Crippen LogP contribution < -0.4 is 0 Å². The molecule has 1 rings (SSSR count). The molecule has 0 aliphatic heterocycles. The van der Waals surface area contributed by atoms with E-state index in [4.69, 9.17) is 6.42 Å². The first kappa shape index (κ1) is 8.55. The van der Waals surface area contributed by atoms with Gasteiger partial charge in [-0.15, -0.1) is 12.3 Å². The summed E-state index contributed by atoms with van der Waals surface area (Å²) in [5, 5.41) is 0. The van der Waals surface area contributed by atoms with E-state index < -0.39 is 0 Å². The van der Waals surface area contributed by atoms with Crippen molar-refractivity contribution < 1.29 is 0 Å². The Morgan fingerprint density at radius 2 is 2.42 bits per heavy atom. The van der Waals surface area contributed by atoms with Crippen molar-refractivity contribution >= 4 is 6.08 Å². The third kappa shape index (κ3) is 3.03. The smallest absolute Gasteiger partial charge is 0.0626 e. The molecule has 1 nitrogen and oxygen atoms in total. The van der Waals surface area contributed by atoms with E-state index in [1.807, 2.05) is 30.4 Å². The average molecular weight is 157 g/mol. The van der Waals surface area contributed by atoms with E-state index in [1.54, 1.807) is 6.20 Å². The van der Waals surface area contributed by atoms with Gasteiger partial charge in [-0.05, 0) is 24.6 Å². The molecule has 0 aromatic carbocycles. The minimum Gasteiger partial charge on any atom is -0.257 e. The molecule has 1 heterocycles. The van der Waals surface area contributed by atoms with E-state index in [0.29, 0.717) is 0 Å². The Hall–Kier alpha value is -1.55. The number of unbranched alkanes of at least 4 members (excludes halogenated alkanes) is 1. The van der Waals surface area contributed by atoms with Crippen molar-refractivity contribution in [3.63, 3.8) is 0 Å². The maximum absolute atomic E-state index is 5.11. The number of rotatable bonds is 3. The maximum Gasteiger partial charge on any atom is 0.0626 e. The molecule has 0 amide bonds. The number of aromatic nitrogens is 1. The van der Waals surface area contributed by atoms with E-state index in [2.05, 4.69) is 10.9 Å². The predicted octanol–water partition coefficient (Wildman–Crippen LogP) is 2.51. The molecule has 1 heteroatoms. The van der Waals surface area contributed by atoms with Crippen LogP contribution in [0, 0.1) is 12.3 Å². The number of terminal acetylenes is 1. The summed E-state index contributed by atoms with van der Waals surface area (Å²) >= 11 is 0. The van der Waals surface area contributed by atoms with Gasteiger partial charge in [0.1, 0.15) is 0 Å². The molecule has 0 unspecified atom stereocenters. The van der Waals surface area contributed by atoms with Crippen molar-refractivity contribution in [3.05, 3.63) is 36.2 Å². The van der Waals surface area contributed by atoms with E-state index in [0.717, 1.165) is 18.5 Å². The van der Waals surface area contributed by atoms with Crippen LogP contribution in [0.15, 0.2) is 30.5 Å². The third-order valence-corrected chi connectivity index (χ3v) is 1.43. The monoisotopic (exact) mass is 157 g/mol. The highest BCUT2D eigenvalue weighted by molar-refractivity contribution is 5.43. The lowest BCUT2D eigenvalue weighted by molar-refractivity contribution is 1.09. The number of allylic oxidation sites excluding steroid dienone is 1. The maximum atomic E-state index is 5.11. The summed E-state index contributed by atoms with van der Waals surface area (Å²) in [5.74, 6) is 2.58. The number of hydrogen-bond donors (Lipinski definition) is 0. The molecule has 1 aromatic heterocycles. The summed E-state index contributed by atoms with van der Waals surface area (Å²) < 4.78 is 0. The summed E-state index contributed by atoms with van der Waals surface area (Å²) in [5.41, 5.74) is 0.981. The van der Waals surface area contributed by atoms with Gasteiger partial charge in [0.2, 0.25) is 0 Å². The zero-order valence-corrected chi connectivity index (χ0v) is 6.90. The normalized spacial score (nSPS) is 9.92. The number of pyridine rings is 1. The quantitative estimate of drug-likeness (QED) is 0.485. The van der Waals surface area contributed by atoms with Crippen LogP contribution >= 0.6 is 0 Å². The second-order valence-corrected chi connectivity index (χ2v) is 2.40. The van der Waals surface area contributed by atoms with Crippen LogP contribution in [0.1, 0.15) is 18.5 Å². The molecule has 0 radical (unpaired) electrons. The molecule has 0 atom stereocenters. The molecule has 60 valence electrons. The SMILES string of the molecule is C#CCC/C=C/c1ccccn1. The summed E-state index contributed by atoms with van der Waals surface area (Å²) in [6, 6.07) is 5.83. The van der Waals surface area contributed by atoms with Gasteiger partial charge in [-0.25, -0.2) is 0 Å². The van der Waals surface area contributed by atoms with Gasteiger partial charge in [-0.1, -0.05) is 12.1 Å². The fraction of sp³-hybridized carbons (Fsp3) is 0.182. The number of hydrogen-bond acceptors (Lipinski definition) is 1. The molecule has 0 saturated heterocycles. The van der Waals surface area contributed by atoms with Crippen LogP contribution in [0.2, 0.25) is 0 Å². The van der Waals surface area contributed by atoms with E-state index in [-0.39, 0.29) is 0 Å². The van der Waals surface area contributed by atoms with Crippen LogP contribution in [-0.2, 0) is 0 Å². The fourth-order valence-electron chi connectivity index (χ4n) is 0.845. The van der Waals surface area contributed by atoms with E-state index >= 15 is 0 Å². The lowest BCUT2D eigenvalue weighted by Crippen LogP contribution is -1.75. The Balaban J connectivity index is 2.43. The summed E-state index contributed by atoms with van der Waals surface area (Å²) in [7, 11) is 0. The largest absolute Gasteiger partial charge is 0.257 e. The minimum absolute atomic E-state index is 0.795. The molecule has 0 bridgehead atoms. The first-order valence-electron chi connectivity index (χ1n) is 3.94. The van der Waals surface area contributed by atoms with Crippen molar-refractivity contribution in [2.24, 2.45) is 0 Å². The fourth-order valence-corrected chi connectivity index (χ4v) is 0.845. The lowest BCUT2D eigenvalue weighted by Gasteiger charge is -1.88. The Morgan fingerprint density at radius 1 is 1.50 bits per heavy atom. The second-order valence-electron chi connectivity index (χ2n) is 2.40. The van der Waals surface area contributed by atoms with Crippen LogP contribution in [-0.4, -0.2) is 4.98 Å². The van der Waals surface area contributed by atoms with Gasteiger partial charge in [-0.3, -0.25) is 4.98 Å². The minimum atomic E-state index is 0.795. The zero-order chi connectivity index (χ0) is 8.65. The molecule has 1 aromatic rings. The molecule has 12 heavy (non-hydrogen) atoms. The van der Waals surface area contributed by atoms with Crippen molar-refractivity contribution in [2.75, 3.05) is 0 Å². The number of nitrogens with zero attached hydrogens (tertiary/aromatic N) is 1. The molecular weight excluding hydrogens is 146 g/mol.